The number of carbonyl (C=O) groups is 2. The third-order valence-corrected chi connectivity index (χ3v) is 6.42. The van der Waals surface area contributed by atoms with Crippen molar-refractivity contribution in [3.63, 3.8) is 0 Å². The molecule has 2 amide bonds. The van der Waals surface area contributed by atoms with E-state index in [1.165, 1.54) is 19.3 Å². The zero-order valence-electron chi connectivity index (χ0n) is 16.4. The Kier molecular flexibility index (Phi) is 6.22. The van der Waals surface area contributed by atoms with Gasteiger partial charge in [-0.1, -0.05) is 25.3 Å². The lowest BCUT2D eigenvalue weighted by Gasteiger charge is -2.34. The van der Waals surface area contributed by atoms with E-state index in [2.05, 4.69) is 21.2 Å². The summed E-state index contributed by atoms with van der Waals surface area (Å²) in [6.45, 7) is 1.33. The van der Waals surface area contributed by atoms with E-state index in [1.807, 2.05) is 23.2 Å². The van der Waals surface area contributed by atoms with Crippen molar-refractivity contribution in [3.05, 3.63) is 30.1 Å². The van der Waals surface area contributed by atoms with E-state index in [-0.39, 0.29) is 29.8 Å². The van der Waals surface area contributed by atoms with Gasteiger partial charge in [0.2, 0.25) is 11.8 Å². The molecule has 0 radical (unpaired) electrons. The lowest BCUT2D eigenvalue weighted by molar-refractivity contribution is -0.137. The van der Waals surface area contributed by atoms with Crippen LogP contribution in [-0.4, -0.2) is 46.9 Å². The van der Waals surface area contributed by atoms with Crippen molar-refractivity contribution in [2.75, 3.05) is 13.1 Å². The average molecular weight is 386 g/mol. The van der Waals surface area contributed by atoms with E-state index >= 15 is 0 Å². The van der Waals surface area contributed by atoms with Crippen molar-refractivity contribution in [1.29, 1.82) is 0 Å². The topological polar surface area (TPSA) is 86.4 Å². The van der Waals surface area contributed by atoms with E-state index in [9.17, 15) is 9.59 Å². The van der Waals surface area contributed by atoms with Crippen LogP contribution in [0, 0.1) is 5.92 Å². The molecule has 7 heteroatoms. The molecular weight excluding hydrogens is 354 g/mol. The number of hydrazine groups is 1. The van der Waals surface area contributed by atoms with Gasteiger partial charge in [0, 0.05) is 43.5 Å². The van der Waals surface area contributed by atoms with Crippen LogP contribution in [0.2, 0.25) is 0 Å². The second-order valence-corrected chi connectivity index (χ2v) is 8.36. The highest BCUT2D eigenvalue weighted by molar-refractivity contribution is 5.83. The second kappa shape index (κ2) is 9.01. The molecular formula is C21H31N5O2. The van der Waals surface area contributed by atoms with E-state index in [1.54, 1.807) is 6.20 Å². The Labute approximate surface area is 166 Å². The molecule has 1 saturated carbocycles. The summed E-state index contributed by atoms with van der Waals surface area (Å²) in [5.41, 5.74) is 7.44. The molecule has 2 saturated heterocycles. The number of aromatic nitrogens is 1. The van der Waals surface area contributed by atoms with Crippen molar-refractivity contribution in [3.8, 4) is 0 Å². The summed E-state index contributed by atoms with van der Waals surface area (Å²) < 4.78 is 0. The van der Waals surface area contributed by atoms with Crippen LogP contribution in [0.5, 0.6) is 0 Å². The van der Waals surface area contributed by atoms with Gasteiger partial charge in [0.05, 0.1) is 0 Å². The fraction of sp³-hybridized carbons (Fsp3) is 0.667. The number of piperidine rings is 1. The van der Waals surface area contributed by atoms with Crippen LogP contribution in [0.1, 0.15) is 63.0 Å². The minimum absolute atomic E-state index is 0.0452. The molecule has 4 rings (SSSR count). The maximum atomic E-state index is 12.9. The SMILES string of the molecule is O=C(NC1CCCCC1)C1CCN(C(=O)C2CC(c3cccnc3)NN2)CC1. The highest BCUT2D eigenvalue weighted by atomic mass is 16.2. The highest BCUT2D eigenvalue weighted by Crippen LogP contribution is 2.25. The molecule has 0 bridgehead atoms. The van der Waals surface area contributed by atoms with Gasteiger partial charge in [-0.3, -0.25) is 14.6 Å². The summed E-state index contributed by atoms with van der Waals surface area (Å²) in [7, 11) is 0. The van der Waals surface area contributed by atoms with Gasteiger partial charge in [-0.05, 0) is 43.7 Å². The van der Waals surface area contributed by atoms with Crippen molar-refractivity contribution in [2.24, 2.45) is 5.92 Å². The lowest BCUT2D eigenvalue weighted by atomic mass is 9.92. The summed E-state index contributed by atoms with van der Waals surface area (Å²) >= 11 is 0. The number of likely N-dealkylation sites (tertiary alicyclic amines) is 1. The molecule has 3 fully saturated rings. The monoisotopic (exact) mass is 385 g/mol. The standard InChI is InChI=1S/C21H31N5O2/c27-20(23-17-6-2-1-3-7-17)15-8-11-26(12-9-15)21(28)19-13-18(24-25-19)16-5-4-10-22-14-16/h4-5,10,14-15,17-19,24-25H,1-3,6-9,11-13H2,(H,23,27). The van der Waals surface area contributed by atoms with Crippen molar-refractivity contribution < 1.29 is 9.59 Å². The molecule has 28 heavy (non-hydrogen) atoms. The minimum Gasteiger partial charge on any atom is -0.353 e. The number of hydrogen-bond acceptors (Lipinski definition) is 5. The first-order valence-corrected chi connectivity index (χ1v) is 10.7. The number of nitrogens with zero attached hydrogens (tertiary/aromatic N) is 2. The molecule has 1 aliphatic carbocycles. The summed E-state index contributed by atoms with van der Waals surface area (Å²) in [6.07, 6.45) is 11.8. The first-order valence-electron chi connectivity index (χ1n) is 10.7. The molecule has 3 N–H and O–H groups in total. The molecule has 2 atom stereocenters. The predicted octanol–water partition coefficient (Wildman–Crippen LogP) is 1.68. The van der Waals surface area contributed by atoms with Crippen LogP contribution in [0.15, 0.2) is 24.5 Å². The maximum absolute atomic E-state index is 12.9. The van der Waals surface area contributed by atoms with Crippen molar-refractivity contribution in [2.45, 2.75) is 69.5 Å². The number of nitrogens with one attached hydrogen (secondary N) is 3. The van der Waals surface area contributed by atoms with Gasteiger partial charge in [-0.15, -0.1) is 0 Å². The second-order valence-electron chi connectivity index (χ2n) is 8.36. The molecule has 1 aromatic heterocycles. The summed E-state index contributed by atoms with van der Waals surface area (Å²) in [5.74, 6) is 0.366. The highest BCUT2D eigenvalue weighted by Gasteiger charge is 2.35. The molecule has 2 aliphatic heterocycles. The lowest BCUT2D eigenvalue weighted by Crippen LogP contribution is -2.50. The van der Waals surface area contributed by atoms with Gasteiger partial charge in [0.1, 0.15) is 6.04 Å². The van der Waals surface area contributed by atoms with Gasteiger partial charge in [-0.2, -0.15) is 0 Å². The Morgan fingerprint density at radius 3 is 2.57 bits per heavy atom. The number of hydrogen-bond donors (Lipinski definition) is 3. The third kappa shape index (κ3) is 4.52. The van der Waals surface area contributed by atoms with Crippen LogP contribution in [0.3, 0.4) is 0 Å². The fourth-order valence-electron chi connectivity index (χ4n) is 4.67. The van der Waals surface area contributed by atoms with Gasteiger partial charge < -0.3 is 10.2 Å². The van der Waals surface area contributed by atoms with Crippen molar-refractivity contribution in [1.82, 2.24) is 26.1 Å². The fourth-order valence-corrected chi connectivity index (χ4v) is 4.67. The Morgan fingerprint density at radius 1 is 1.07 bits per heavy atom. The summed E-state index contributed by atoms with van der Waals surface area (Å²) in [6, 6.07) is 4.17. The summed E-state index contributed by atoms with van der Waals surface area (Å²) in [5, 5.41) is 3.24. The number of carbonyl (C=O) groups excluding carboxylic acids is 2. The van der Waals surface area contributed by atoms with Gasteiger partial charge in [0.25, 0.3) is 0 Å². The Morgan fingerprint density at radius 2 is 1.86 bits per heavy atom. The summed E-state index contributed by atoms with van der Waals surface area (Å²) in [4.78, 5) is 31.5. The molecule has 3 aliphatic rings. The van der Waals surface area contributed by atoms with E-state index in [0.717, 1.165) is 31.2 Å². The van der Waals surface area contributed by atoms with Crippen molar-refractivity contribution >= 4 is 11.8 Å². The van der Waals surface area contributed by atoms with Gasteiger partial charge in [0.15, 0.2) is 0 Å². The van der Waals surface area contributed by atoms with Gasteiger partial charge in [-0.25, -0.2) is 10.9 Å². The smallest absolute Gasteiger partial charge is 0.241 e. The molecule has 0 spiro atoms. The largest absolute Gasteiger partial charge is 0.353 e. The number of amides is 2. The number of rotatable bonds is 4. The first-order chi connectivity index (χ1) is 13.7. The molecule has 7 nitrogen and oxygen atoms in total. The third-order valence-electron chi connectivity index (χ3n) is 6.42. The molecule has 2 unspecified atom stereocenters. The zero-order chi connectivity index (χ0) is 19.3. The van der Waals surface area contributed by atoms with Crippen LogP contribution < -0.4 is 16.2 Å². The van der Waals surface area contributed by atoms with E-state index < -0.39 is 0 Å². The predicted molar refractivity (Wildman–Crippen MR) is 106 cm³/mol. The minimum atomic E-state index is -0.224. The van der Waals surface area contributed by atoms with Crippen LogP contribution in [-0.2, 0) is 9.59 Å². The number of pyridine rings is 1. The van der Waals surface area contributed by atoms with Gasteiger partial charge >= 0.3 is 0 Å². The molecule has 0 aromatic carbocycles. The maximum Gasteiger partial charge on any atom is 0.241 e. The Balaban J connectivity index is 1.23. The zero-order valence-corrected chi connectivity index (χ0v) is 16.4. The Bertz CT molecular complexity index is 669. The van der Waals surface area contributed by atoms with E-state index in [0.29, 0.717) is 25.6 Å². The van der Waals surface area contributed by atoms with Crippen LogP contribution in [0.25, 0.3) is 0 Å². The molecule has 1 aromatic rings. The molecule has 152 valence electrons. The van der Waals surface area contributed by atoms with E-state index in [4.69, 9.17) is 0 Å². The van der Waals surface area contributed by atoms with Crippen LogP contribution >= 0.6 is 0 Å². The first kappa shape index (κ1) is 19.3. The van der Waals surface area contributed by atoms with Crippen LogP contribution in [0.4, 0.5) is 0 Å². The Hall–Kier alpha value is -1.99. The molecule has 3 heterocycles. The normalized spacial score (nSPS) is 26.9. The quantitative estimate of drug-likeness (QED) is 0.734. The average Bonchev–Trinajstić information content (AvgIpc) is 3.25.